The van der Waals surface area contributed by atoms with Crippen molar-refractivity contribution in [3.05, 3.63) is 59.2 Å². The van der Waals surface area contributed by atoms with E-state index >= 15 is 0 Å². The zero-order valence-corrected chi connectivity index (χ0v) is 17.0. The van der Waals surface area contributed by atoms with Crippen LogP contribution in [-0.4, -0.2) is 61.9 Å². The second kappa shape index (κ2) is 7.97. The summed E-state index contributed by atoms with van der Waals surface area (Å²) in [5, 5.41) is 12.9. The fourth-order valence-corrected chi connectivity index (χ4v) is 3.47. The van der Waals surface area contributed by atoms with Crippen LogP contribution in [0.3, 0.4) is 0 Å². The standard InChI is InChI=1S/C20H20F3N7O/c1-13-11-14(2)30(27-13)18-6-5-17(25-26-18)28-7-9-29(10-8-28)19(31)15-3-4-16(24-12-15)20(21,22)23/h3-6,11-12H,7-10H2,1-2H3. The number of halogens is 3. The van der Waals surface area contributed by atoms with Crippen LogP contribution in [-0.2, 0) is 6.18 Å². The highest BCUT2D eigenvalue weighted by Crippen LogP contribution is 2.27. The molecule has 3 aromatic rings. The summed E-state index contributed by atoms with van der Waals surface area (Å²) in [4.78, 5) is 19.6. The van der Waals surface area contributed by atoms with Crippen LogP contribution < -0.4 is 4.90 Å². The van der Waals surface area contributed by atoms with Crippen LogP contribution in [0, 0.1) is 13.8 Å². The molecule has 0 aliphatic carbocycles. The van der Waals surface area contributed by atoms with E-state index in [1.54, 1.807) is 9.58 Å². The summed E-state index contributed by atoms with van der Waals surface area (Å²) in [7, 11) is 0. The molecule has 3 aromatic heterocycles. The van der Waals surface area contributed by atoms with Gasteiger partial charge in [-0.25, -0.2) is 4.68 Å². The molecule has 0 radical (unpaired) electrons. The third-order valence-corrected chi connectivity index (χ3v) is 5.05. The molecule has 1 fully saturated rings. The summed E-state index contributed by atoms with van der Waals surface area (Å²) in [5.41, 5.74) is 0.976. The Balaban J connectivity index is 1.38. The van der Waals surface area contributed by atoms with Crippen LogP contribution in [0.5, 0.6) is 0 Å². The Morgan fingerprint density at radius 3 is 2.16 bits per heavy atom. The van der Waals surface area contributed by atoms with Crippen LogP contribution in [0.1, 0.15) is 27.4 Å². The van der Waals surface area contributed by atoms with Crippen molar-refractivity contribution in [2.24, 2.45) is 0 Å². The second-order valence-electron chi connectivity index (χ2n) is 7.30. The number of carbonyl (C=O) groups excluding carboxylic acids is 1. The third-order valence-electron chi connectivity index (χ3n) is 5.05. The maximum Gasteiger partial charge on any atom is 0.433 e. The summed E-state index contributed by atoms with van der Waals surface area (Å²) in [6, 6.07) is 7.64. The molecular weight excluding hydrogens is 411 g/mol. The number of hydrogen-bond donors (Lipinski definition) is 0. The van der Waals surface area contributed by atoms with Crippen molar-refractivity contribution in [2.75, 3.05) is 31.1 Å². The highest BCUT2D eigenvalue weighted by atomic mass is 19.4. The smallest absolute Gasteiger partial charge is 0.352 e. The van der Waals surface area contributed by atoms with Crippen molar-refractivity contribution in [3.63, 3.8) is 0 Å². The van der Waals surface area contributed by atoms with E-state index in [1.807, 2.05) is 36.9 Å². The molecule has 0 spiro atoms. The minimum atomic E-state index is -4.53. The Bertz CT molecular complexity index is 1070. The van der Waals surface area contributed by atoms with Crippen molar-refractivity contribution in [1.29, 1.82) is 0 Å². The molecule has 1 aliphatic rings. The number of nitrogens with zero attached hydrogens (tertiary/aromatic N) is 7. The van der Waals surface area contributed by atoms with Gasteiger partial charge in [0.1, 0.15) is 5.69 Å². The molecule has 0 N–H and O–H groups in total. The first-order valence-corrected chi connectivity index (χ1v) is 9.67. The van der Waals surface area contributed by atoms with Gasteiger partial charge in [-0.1, -0.05) is 0 Å². The summed E-state index contributed by atoms with van der Waals surface area (Å²) in [5.74, 6) is 0.971. The van der Waals surface area contributed by atoms with Crippen LogP contribution in [0.2, 0.25) is 0 Å². The van der Waals surface area contributed by atoms with Crippen LogP contribution >= 0.6 is 0 Å². The van der Waals surface area contributed by atoms with E-state index in [0.717, 1.165) is 29.7 Å². The molecule has 11 heteroatoms. The lowest BCUT2D eigenvalue weighted by molar-refractivity contribution is -0.141. The highest BCUT2D eigenvalue weighted by molar-refractivity contribution is 5.94. The van der Waals surface area contributed by atoms with Gasteiger partial charge in [0.2, 0.25) is 0 Å². The predicted molar refractivity (Wildman–Crippen MR) is 106 cm³/mol. The number of aromatic nitrogens is 5. The lowest BCUT2D eigenvalue weighted by Crippen LogP contribution is -2.49. The van der Waals surface area contributed by atoms with E-state index in [-0.39, 0.29) is 11.5 Å². The number of alkyl halides is 3. The van der Waals surface area contributed by atoms with Crippen molar-refractivity contribution in [3.8, 4) is 5.82 Å². The Hall–Kier alpha value is -3.50. The lowest BCUT2D eigenvalue weighted by Gasteiger charge is -2.35. The van der Waals surface area contributed by atoms with Gasteiger partial charge in [-0.15, -0.1) is 10.2 Å². The molecule has 4 heterocycles. The lowest BCUT2D eigenvalue weighted by atomic mass is 10.2. The quantitative estimate of drug-likeness (QED) is 0.635. The summed E-state index contributed by atoms with van der Waals surface area (Å²) >= 11 is 0. The first-order chi connectivity index (χ1) is 14.7. The maximum atomic E-state index is 12.6. The van der Waals surface area contributed by atoms with Gasteiger partial charge < -0.3 is 9.80 Å². The van der Waals surface area contributed by atoms with Crippen molar-refractivity contribution < 1.29 is 18.0 Å². The fraction of sp³-hybridized carbons (Fsp3) is 0.350. The molecule has 162 valence electrons. The van der Waals surface area contributed by atoms with Crippen molar-refractivity contribution in [1.82, 2.24) is 29.9 Å². The van der Waals surface area contributed by atoms with Gasteiger partial charge in [-0.05, 0) is 44.2 Å². The third kappa shape index (κ3) is 4.35. The average molecular weight is 431 g/mol. The average Bonchev–Trinajstić information content (AvgIpc) is 3.11. The topological polar surface area (TPSA) is 80.0 Å². The van der Waals surface area contributed by atoms with Gasteiger partial charge in [-0.3, -0.25) is 9.78 Å². The number of anilines is 1. The van der Waals surface area contributed by atoms with Gasteiger partial charge in [0.05, 0.1) is 11.3 Å². The number of pyridine rings is 1. The van der Waals surface area contributed by atoms with Gasteiger partial charge in [0.15, 0.2) is 11.6 Å². The molecule has 4 rings (SSSR count). The number of amides is 1. The minimum absolute atomic E-state index is 0.135. The fourth-order valence-electron chi connectivity index (χ4n) is 3.47. The number of hydrogen-bond acceptors (Lipinski definition) is 6. The van der Waals surface area contributed by atoms with E-state index in [1.165, 1.54) is 0 Å². The molecular formula is C20H20F3N7O. The molecule has 0 unspecified atom stereocenters. The first-order valence-electron chi connectivity index (χ1n) is 9.67. The normalized spacial score (nSPS) is 14.7. The number of rotatable bonds is 3. The Kier molecular flexibility index (Phi) is 5.34. The molecule has 0 bridgehead atoms. The predicted octanol–water partition coefficient (Wildman–Crippen LogP) is 2.66. The van der Waals surface area contributed by atoms with E-state index in [0.29, 0.717) is 37.8 Å². The molecule has 0 atom stereocenters. The molecule has 0 aromatic carbocycles. The van der Waals surface area contributed by atoms with E-state index in [2.05, 4.69) is 20.3 Å². The molecule has 1 aliphatic heterocycles. The van der Waals surface area contributed by atoms with Gasteiger partial charge >= 0.3 is 6.18 Å². The van der Waals surface area contributed by atoms with Crippen LogP contribution in [0.25, 0.3) is 5.82 Å². The van der Waals surface area contributed by atoms with Crippen LogP contribution in [0.15, 0.2) is 36.5 Å². The molecule has 8 nitrogen and oxygen atoms in total. The van der Waals surface area contributed by atoms with Gasteiger partial charge in [-0.2, -0.15) is 18.3 Å². The maximum absolute atomic E-state index is 12.6. The zero-order chi connectivity index (χ0) is 22.2. The minimum Gasteiger partial charge on any atom is -0.352 e. The Labute approximate surface area is 176 Å². The van der Waals surface area contributed by atoms with Crippen molar-refractivity contribution >= 4 is 11.7 Å². The molecule has 1 amide bonds. The van der Waals surface area contributed by atoms with Gasteiger partial charge in [0.25, 0.3) is 5.91 Å². The largest absolute Gasteiger partial charge is 0.433 e. The van der Waals surface area contributed by atoms with Crippen LogP contribution in [0.4, 0.5) is 19.0 Å². The summed E-state index contributed by atoms with van der Waals surface area (Å²) in [6.45, 7) is 5.76. The van der Waals surface area contributed by atoms with E-state index in [9.17, 15) is 18.0 Å². The summed E-state index contributed by atoms with van der Waals surface area (Å²) < 4.78 is 39.7. The molecule has 0 saturated carbocycles. The summed E-state index contributed by atoms with van der Waals surface area (Å²) in [6.07, 6.45) is -3.56. The highest BCUT2D eigenvalue weighted by Gasteiger charge is 2.32. The first kappa shape index (κ1) is 20.8. The number of piperazine rings is 1. The van der Waals surface area contributed by atoms with Gasteiger partial charge in [0, 0.05) is 38.1 Å². The number of carbonyl (C=O) groups is 1. The number of aryl methyl sites for hydroxylation is 2. The van der Waals surface area contributed by atoms with E-state index < -0.39 is 11.9 Å². The SMILES string of the molecule is Cc1cc(C)n(-c2ccc(N3CCN(C(=O)c4ccc(C(F)(F)F)nc4)CC3)nn2)n1. The Morgan fingerprint density at radius 2 is 1.65 bits per heavy atom. The van der Waals surface area contributed by atoms with E-state index in [4.69, 9.17) is 0 Å². The molecule has 31 heavy (non-hydrogen) atoms. The monoisotopic (exact) mass is 431 g/mol. The second-order valence-corrected chi connectivity index (χ2v) is 7.30. The van der Waals surface area contributed by atoms with Crippen molar-refractivity contribution in [2.45, 2.75) is 20.0 Å². The Morgan fingerprint density at radius 1 is 0.968 bits per heavy atom. The zero-order valence-electron chi connectivity index (χ0n) is 17.0. The molecule has 1 saturated heterocycles.